The summed E-state index contributed by atoms with van der Waals surface area (Å²) in [7, 11) is 0. The average Bonchev–Trinajstić information content (AvgIpc) is 3.34. The molecule has 0 radical (unpaired) electrons. The molecule has 1 fully saturated rings. The van der Waals surface area contributed by atoms with Crippen molar-refractivity contribution in [2.75, 3.05) is 10.6 Å². The molecule has 0 bridgehead atoms. The van der Waals surface area contributed by atoms with Crippen LogP contribution < -0.4 is 10.6 Å². The molecule has 1 aliphatic carbocycles. The van der Waals surface area contributed by atoms with Crippen LogP contribution in [-0.4, -0.2) is 11.8 Å². The molecule has 124 valence electrons. The van der Waals surface area contributed by atoms with Crippen LogP contribution in [0.25, 0.3) is 0 Å². The van der Waals surface area contributed by atoms with Crippen molar-refractivity contribution < 1.29 is 9.59 Å². The number of carbonyl (C=O) groups excluding carboxylic acids is 2. The van der Waals surface area contributed by atoms with Crippen molar-refractivity contribution in [3.63, 3.8) is 0 Å². The molecule has 2 aromatic carbocycles. The third kappa shape index (κ3) is 3.36. The third-order valence-electron chi connectivity index (χ3n) is 4.37. The number of benzene rings is 2. The van der Waals surface area contributed by atoms with Gasteiger partial charge in [0.1, 0.15) is 5.41 Å². The highest BCUT2D eigenvalue weighted by molar-refractivity contribution is 9.10. The average molecular weight is 387 g/mol. The van der Waals surface area contributed by atoms with E-state index in [2.05, 4.69) is 26.6 Å². The monoisotopic (exact) mass is 386 g/mol. The van der Waals surface area contributed by atoms with Gasteiger partial charge in [-0.3, -0.25) is 9.59 Å². The predicted molar refractivity (Wildman–Crippen MR) is 99.0 cm³/mol. The van der Waals surface area contributed by atoms with E-state index in [4.69, 9.17) is 0 Å². The number of anilines is 2. The van der Waals surface area contributed by atoms with E-state index in [1.165, 1.54) is 0 Å². The highest BCUT2D eigenvalue weighted by atomic mass is 79.9. The minimum Gasteiger partial charge on any atom is -0.325 e. The molecular formula is C19H19BrN2O2. The fourth-order valence-corrected chi connectivity index (χ4v) is 3.05. The van der Waals surface area contributed by atoms with Gasteiger partial charge in [-0.25, -0.2) is 0 Å². The Hall–Kier alpha value is -2.14. The Morgan fingerprint density at radius 1 is 0.958 bits per heavy atom. The molecule has 5 heteroatoms. The van der Waals surface area contributed by atoms with Gasteiger partial charge in [0.25, 0.3) is 0 Å². The summed E-state index contributed by atoms with van der Waals surface area (Å²) in [5.74, 6) is -0.476. The lowest BCUT2D eigenvalue weighted by Crippen LogP contribution is -2.35. The van der Waals surface area contributed by atoms with E-state index in [0.29, 0.717) is 18.5 Å². The molecule has 2 aromatic rings. The zero-order chi connectivity index (χ0) is 17.3. The first-order chi connectivity index (χ1) is 11.4. The van der Waals surface area contributed by atoms with Crippen LogP contribution in [0.3, 0.4) is 0 Å². The van der Waals surface area contributed by atoms with E-state index in [1.54, 1.807) is 0 Å². The summed E-state index contributed by atoms with van der Waals surface area (Å²) in [6, 6.07) is 13.2. The van der Waals surface area contributed by atoms with Gasteiger partial charge in [0.05, 0.1) is 0 Å². The van der Waals surface area contributed by atoms with Crippen molar-refractivity contribution in [1.29, 1.82) is 0 Å². The highest BCUT2D eigenvalue weighted by Gasteiger charge is 2.56. The maximum atomic E-state index is 12.6. The van der Waals surface area contributed by atoms with Crippen LogP contribution in [0, 0.1) is 19.3 Å². The quantitative estimate of drug-likeness (QED) is 0.763. The topological polar surface area (TPSA) is 58.2 Å². The van der Waals surface area contributed by atoms with Crippen molar-refractivity contribution in [2.24, 2.45) is 5.41 Å². The first-order valence-corrected chi connectivity index (χ1v) is 8.66. The van der Waals surface area contributed by atoms with Crippen LogP contribution in [0.1, 0.15) is 24.0 Å². The molecule has 1 aliphatic rings. The Morgan fingerprint density at radius 2 is 1.58 bits per heavy atom. The fourth-order valence-electron chi connectivity index (χ4n) is 2.58. The maximum absolute atomic E-state index is 12.6. The number of amides is 2. The van der Waals surface area contributed by atoms with Crippen molar-refractivity contribution in [3.8, 4) is 0 Å². The Morgan fingerprint density at radius 3 is 2.17 bits per heavy atom. The van der Waals surface area contributed by atoms with E-state index < -0.39 is 5.41 Å². The van der Waals surface area contributed by atoms with Gasteiger partial charge in [0.15, 0.2) is 0 Å². The molecule has 2 N–H and O–H groups in total. The van der Waals surface area contributed by atoms with E-state index in [-0.39, 0.29) is 11.8 Å². The predicted octanol–water partition coefficient (Wildman–Crippen LogP) is 4.42. The smallest absolute Gasteiger partial charge is 0.240 e. The second-order valence-electron chi connectivity index (χ2n) is 6.32. The van der Waals surface area contributed by atoms with E-state index in [0.717, 1.165) is 21.3 Å². The van der Waals surface area contributed by atoms with Crippen LogP contribution in [0.4, 0.5) is 11.4 Å². The lowest BCUT2D eigenvalue weighted by Gasteiger charge is -2.16. The summed E-state index contributed by atoms with van der Waals surface area (Å²) in [6.45, 7) is 3.91. The number of nitrogens with one attached hydrogen (secondary N) is 2. The first-order valence-electron chi connectivity index (χ1n) is 7.86. The molecule has 0 unspecified atom stereocenters. The Kier molecular flexibility index (Phi) is 4.45. The molecule has 3 rings (SSSR count). The molecule has 0 aromatic heterocycles. The molecule has 0 saturated heterocycles. The number of halogens is 1. The van der Waals surface area contributed by atoms with Crippen molar-refractivity contribution in [1.82, 2.24) is 0 Å². The lowest BCUT2D eigenvalue weighted by molar-refractivity contribution is -0.131. The minimum atomic E-state index is -0.954. The number of hydrogen-bond acceptors (Lipinski definition) is 2. The molecule has 0 heterocycles. The second kappa shape index (κ2) is 6.40. The Bertz CT molecular complexity index is 796. The third-order valence-corrected chi connectivity index (χ3v) is 4.86. The van der Waals surface area contributed by atoms with Crippen LogP contribution in [0.15, 0.2) is 46.9 Å². The molecule has 4 nitrogen and oxygen atoms in total. The molecule has 2 amide bonds. The Balaban J connectivity index is 1.71. The van der Waals surface area contributed by atoms with Crippen LogP contribution in [-0.2, 0) is 9.59 Å². The van der Waals surface area contributed by atoms with Gasteiger partial charge in [0.2, 0.25) is 11.8 Å². The molecular weight excluding hydrogens is 368 g/mol. The van der Waals surface area contributed by atoms with Gasteiger partial charge in [-0.1, -0.05) is 33.6 Å². The minimum absolute atomic E-state index is 0.237. The SMILES string of the molecule is Cc1ccc(NC(=O)C2(C(=O)Nc3ccc(Br)cc3C)CC2)cc1. The molecule has 24 heavy (non-hydrogen) atoms. The van der Waals surface area contributed by atoms with E-state index in [1.807, 2.05) is 56.3 Å². The summed E-state index contributed by atoms with van der Waals surface area (Å²) in [5.41, 5.74) is 2.57. The second-order valence-corrected chi connectivity index (χ2v) is 7.23. The maximum Gasteiger partial charge on any atom is 0.240 e. The van der Waals surface area contributed by atoms with Gasteiger partial charge in [-0.15, -0.1) is 0 Å². The van der Waals surface area contributed by atoms with Crippen molar-refractivity contribution >= 4 is 39.1 Å². The number of hydrogen-bond donors (Lipinski definition) is 2. The first kappa shape index (κ1) is 16.7. The normalized spacial score (nSPS) is 14.8. The summed E-state index contributed by atoms with van der Waals surface area (Å²) in [5, 5.41) is 5.75. The van der Waals surface area contributed by atoms with Crippen LogP contribution in [0.5, 0.6) is 0 Å². The van der Waals surface area contributed by atoms with E-state index >= 15 is 0 Å². The van der Waals surface area contributed by atoms with Gasteiger partial charge in [-0.2, -0.15) is 0 Å². The summed E-state index contributed by atoms with van der Waals surface area (Å²) < 4.78 is 0.955. The standard InChI is InChI=1S/C19H19BrN2O2/c1-12-3-6-15(7-4-12)21-17(23)19(9-10-19)18(24)22-16-8-5-14(20)11-13(16)2/h3-8,11H,9-10H2,1-2H3,(H,21,23)(H,22,24). The highest BCUT2D eigenvalue weighted by Crippen LogP contribution is 2.47. The zero-order valence-electron chi connectivity index (χ0n) is 13.7. The van der Waals surface area contributed by atoms with Gasteiger partial charge in [0, 0.05) is 15.8 Å². The summed E-state index contributed by atoms with van der Waals surface area (Å²) in [6.07, 6.45) is 1.15. The fraction of sp³-hybridized carbons (Fsp3) is 0.263. The zero-order valence-corrected chi connectivity index (χ0v) is 15.2. The molecule has 0 spiro atoms. The Labute approximate surface area is 149 Å². The van der Waals surface area contributed by atoms with Gasteiger partial charge < -0.3 is 10.6 Å². The van der Waals surface area contributed by atoms with E-state index in [9.17, 15) is 9.59 Å². The van der Waals surface area contributed by atoms with Crippen molar-refractivity contribution in [2.45, 2.75) is 26.7 Å². The molecule has 1 saturated carbocycles. The number of carbonyl (C=O) groups is 2. The largest absolute Gasteiger partial charge is 0.325 e. The lowest BCUT2D eigenvalue weighted by atomic mass is 10.0. The molecule has 0 atom stereocenters. The summed E-state index contributed by atoms with van der Waals surface area (Å²) in [4.78, 5) is 25.2. The number of aryl methyl sites for hydroxylation is 2. The van der Waals surface area contributed by atoms with Crippen LogP contribution in [0.2, 0.25) is 0 Å². The van der Waals surface area contributed by atoms with Crippen molar-refractivity contribution in [3.05, 3.63) is 58.1 Å². The molecule has 0 aliphatic heterocycles. The van der Waals surface area contributed by atoms with Gasteiger partial charge in [-0.05, 0) is 62.6 Å². The van der Waals surface area contributed by atoms with Gasteiger partial charge >= 0.3 is 0 Å². The van der Waals surface area contributed by atoms with Crippen LogP contribution >= 0.6 is 15.9 Å². The number of rotatable bonds is 4. The summed E-state index contributed by atoms with van der Waals surface area (Å²) >= 11 is 3.40.